The molecule has 0 aliphatic rings. The number of hydrogen-bond donors (Lipinski definition) is 0. The average molecular weight is 370 g/mol. The lowest BCUT2D eigenvalue weighted by Crippen LogP contribution is -2.37. The molecule has 0 radical (unpaired) electrons. The van der Waals surface area contributed by atoms with Crippen molar-refractivity contribution in [3.8, 4) is 17.4 Å². The van der Waals surface area contributed by atoms with Gasteiger partial charge in [0.15, 0.2) is 6.10 Å². The zero-order valence-electron chi connectivity index (χ0n) is 15.0. The van der Waals surface area contributed by atoms with Gasteiger partial charge >= 0.3 is 5.97 Å². The molecule has 1 amide bonds. The SMILES string of the molecule is C[C@H](OC(=O)/C=C/c1ccc(-c2ccccc2F)o1)C(=O)N(C)CCC#N. The predicted octanol–water partition coefficient (Wildman–Crippen LogP) is 3.40. The number of benzene rings is 1. The second kappa shape index (κ2) is 9.34. The fourth-order valence-electron chi connectivity index (χ4n) is 2.30. The smallest absolute Gasteiger partial charge is 0.331 e. The van der Waals surface area contributed by atoms with Crippen molar-refractivity contribution in [2.24, 2.45) is 0 Å². The normalized spacial score (nSPS) is 11.8. The molecule has 2 aromatic rings. The van der Waals surface area contributed by atoms with Crippen LogP contribution in [0.25, 0.3) is 17.4 Å². The van der Waals surface area contributed by atoms with Crippen molar-refractivity contribution < 1.29 is 23.1 Å². The Bertz CT molecular complexity index is 882. The Morgan fingerprint density at radius 2 is 2.07 bits per heavy atom. The molecule has 0 aliphatic carbocycles. The minimum atomic E-state index is -0.976. The zero-order valence-corrected chi connectivity index (χ0v) is 15.0. The second-order valence-corrected chi connectivity index (χ2v) is 5.76. The van der Waals surface area contributed by atoms with Crippen LogP contribution in [-0.2, 0) is 14.3 Å². The van der Waals surface area contributed by atoms with E-state index in [1.807, 2.05) is 6.07 Å². The number of ether oxygens (including phenoxy) is 1. The van der Waals surface area contributed by atoms with Crippen molar-refractivity contribution in [2.75, 3.05) is 13.6 Å². The van der Waals surface area contributed by atoms with E-state index in [2.05, 4.69) is 0 Å². The summed E-state index contributed by atoms with van der Waals surface area (Å²) >= 11 is 0. The Morgan fingerprint density at radius 1 is 1.33 bits per heavy atom. The molecule has 0 fully saturated rings. The summed E-state index contributed by atoms with van der Waals surface area (Å²) in [6.45, 7) is 1.72. The number of furan rings is 1. The standard InChI is InChI=1S/C20H19FN2O4/c1-14(20(25)23(2)13-5-12-22)26-19(24)11-9-15-8-10-18(27-15)16-6-3-4-7-17(16)21/h3-4,6-11,14H,5,13H2,1-2H3/b11-9+/t14-/m0/s1. The van der Waals surface area contributed by atoms with Crippen molar-refractivity contribution >= 4 is 18.0 Å². The predicted molar refractivity (Wildman–Crippen MR) is 96.6 cm³/mol. The van der Waals surface area contributed by atoms with Crippen LogP contribution < -0.4 is 0 Å². The van der Waals surface area contributed by atoms with Crippen molar-refractivity contribution in [3.63, 3.8) is 0 Å². The molecule has 1 atom stereocenters. The van der Waals surface area contributed by atoms with Crippen LogP contribution in [0.3, 0.4) is 0 Å². The van der Waals surface area contributed by atoms with E-state index in [9.17, 15) is 14.0 Å². The molecule has 6 nitrogen and oxygen atoms in total. The van der Waals surface area contributed by atoms with Gasteiger partial charge in [0.2, 0.25) is 0 Å². The highest BCUT2D eigenvalue weighted by molar-refractivity contribution is 5.90. The van der Waals surface area contributed by atoms with Gasteiger partial charge in [-0.3, -0.25) is 4.79 Å². The molecular weight excluding hydrogens is 351 g/mol. The summed E-state index contributed by atoms with van der Waals surface area (Å²) in [5.41, 5.74) is 0.319. The molecule has 27 heavy (non-hydrogen) atoms. The molecule has 0 N–H and O–H groups in total. The molecule has 0 saturated carbocycles. The number of esters is 1. The molecule has 0 bridgehead atoms. The van der Waals surface area contributed by atoms with Crippen LogP contribution in [0, 0.1) is 17.1 Å². The average Bonchev–Trinajstić information content (AvgIpc) is 3.12. The fraction of sp³-hybridized carbons (Fsp3) is 0.250. The monoisotopic (exact) mass is 370 g/mol. The second-order valence-electron chi connectivity index (χ2n) is 5.76. The molecule has 1 aromatic carbocycles. The number of halogens is 1. The van der Waals surface area contributed by atoms with Crippen LogP contribution in [0.1, 0.15) is 19.1 Å². The number of nitriles is 1. The molecular formula is C20H19FN2O4. The van der Waals surface area contributed by atoms with Crippen LogP contribution in [-0.4, -0.2) is 36.5 Å². The van der Waals surface area contributed by atoms with E-state index in [4.69, 9.17) is 14.4 Å². The summed E-state index contributed by atoms with van der Waals surface area (Å²) in [5.74, 6) is -0.839. The largest absolute Gasteiger partial charge is 0.457 e. The van der Waals surface area contributed by atoms with Gasteiger partial charge in [-0.25, -0.2) is 9.18 Å². The van der Waals surface area contributed by atoms with Gasteiger partial charge in [-0.1, -0.05) is 12.1 Å². The Morgan fingerprint density at radius 3 is 2.78 bits per heavy atom. The molecule has 0 unspecified atom stereocenters. The van der Waals surface area contributed by atoms with Gasteiger partial charge in [0.25, 0.3) is 5.91 Å². The lowest BCUT2D eigenvalue weighted by Gasteiger charge is -2.19. The highest BCUT2D eigenvalue weighted by atomic mass is 19.1. The molecule has 1 aromatic heterocycles. The summed E-state index contributed by atoms with van der Waals surface area (Å²) < 4.78 is 24.3. The van der Waals surface area contributed by atoms with E-state index < -0.39 is 23.8 Å². The van der Waals surface area contributed by atoms with Crippen LogP contribution in [0.15, 0.2) is 46.9 Å². The van der Waals surface area contributed by atoms with Gasteiger partial charge in [-0.15, -0.1) is 0 Å². The summed E-state index contributed by atoms with van der Waals surface area (Å²) in [6.07, 6.45) is 1.73. The Kier molecular flexibility index (Phi) is 6.89. The number of likely N-dealkylation sites (N-methyl/N-ethyl adjacent to an activating group) is 1. The van der Waals surface area contributed by atoms with Gasteiger partial charge in [0.1, 0.15) is 17.3 Å². The van der Waals surface area contributed by atoms with E-state index in [0.29, 0.717) is 17.1 Å². The number of nitrogens with zero attached hydrogens (tertiary/aromatic N) is 2. The third-order valence-corrected chi connectivity index (χ3v) is 3.73. The number of carbonyl (C=O) groups excluding carboxylic acids is 2. The van der Waals surface area contributed by atoms with Crippen molar-refractivity contribution in [2.45, 2.75) is 19.4 Å². The Labute approximate surface area is 156 Å². The molecule has 2 rings (SSSR count). The van der Waals surface area contributed by atoms with E-state index >= 15 is 0 Å². The Balaban J connectivity index is 1.94. The quantitative estimate of drug-likeness (QED) is 0.551. The summed E-state index contributed by atoms with van der Waals surface area (Å²) in [7, 11) is 1.53. The molecule has 0 saturated heterocycles. The number of rotatable bonds is 7. The topological polar surface area (TPSA) is 83.5 Å². The zero-order chi connectivity index (χ0) is 19.8. The molecule has 140 valence electrons. The van der Waals surface area contributed by atoms with Crippen LogP contribution >= 0.6 is 0 Å². The summed E-state index contributed by atoms with van der Waals surface area (Å²) in [6, 6.07) is 11.3. The van der Waals surface area contributed by atoms with Crippen LogP contribution in [0.2, 0.25) is 0 Å². The lowest BCUT2D eigenvalue weighted by molar-refractivity contribution is -0.154. The van der Waals surface area contributed by atoms with Crippen LogP contribution in [0.4, 0.5) is 4.39 Å². The fourth-order valence-corrected chi connectivity index (χ4v) is 2.30. The lowest BCUT2D eigenvalue weighted by atomic mass is 10.1. The van der Waals surface area contributed by atoms with E-state index in [1.165, 1.54) is 31.0 Å². The minimum absolute atomic E-state index is 0.200. The number of hydrogen-bond acceptors (Lipinski definition) is 5. The maximum atomic E-state index is 13.8. The molecule has 7 heteroatoms. The van der Waals surface area contributed by atoms with Crippen molar-refractivity contribution in [1.82, 2.24) is 4.90 Å². The first-order valence-corrected chi connectivity index (χ1v) is 8.27. The number of carbonyl (C=O) groups is 2. The first kappa shape index (κ1) is 19.9. The maximum Gasteiger partial charge on any atom is 0.331 e. The third kappa shape index (κ3) is 5.54. The highest BCUT2D eigenvalue weighted by Crippen LogP contribution is 2.25. The van der Waals surface area contributed by atoms with Gasteiger partial charge in [0, 0.05) is 19.7 Å². The Hall–Kier alpha value is -3.40. The van der Waals surface area contributed by atoms with Gasteiger partial charge in [-0.05, 0) is 37.3 Å². The maximum absolute atomic E-state index is 13.8. The molecule has 0 aliphatic heterocycles. The third-order valence-electron chi connectivity index (χ3n) is 3.73. The van der Waals surface area contributed by atoms with E-state index in [1.54, 1.807) is 30.3 Å². The van der Waals surface area contributed by atoms with E-state index in [0.717, 1.165) is 6.08 Å². The van der Waals surface area contributed by atoms with Gasteiger partial charge in [0.05, 0.1) is 18.1 Å². The van der Waals surface area contributed by atoms with Gasteiger partial charge in [-0.2, -0.15) is 5.26 Å². The first-order chi connectivity index (χ1) is 12.9. The van der Waals surface area contributed by atoms with Crippen molar-refractivity contribution in [3.05, 3.63) is 54.1 Å². The first-order valence-electron chi connectivity index (χ1n) is 8.27. The van der Waals surface area contributed by atoms with Gasteiger partial charge < -0.3 is 14.1 Å². The van der Waals surface area contributed by atoms with Crippen molar-refractivity contribution in [1.29, 1.82) is 5.26 Å². The molecule has 0 spiro atoms. The summed E-state index contributed by atoms with van der Waals surface area (Å²) in [4.78, 5) is 25.2. The summed E-state index contributed by atoms with van der Waals surface area (Å²) in [5, 5.41) is 8.54. The van der Waals surface area contributed by atoms with Crippen LogP contribution in [0.5, 0.6) is 0 Å². The molecule has 1 heterocycles. The highest BCUT2D eigenvalue weighted by Gasteiger charge is 2.20. The number of amides is 1. The van der Waals surface area contributed by atoms with E-state index in [-0.39, 0.29) is 13.0 Å². The minimum Gasteiger partial charge on any atom is -0.457 e.